The van der Waals surface area contributed by atoms with Crippen molar-refractivity contribution >= 4 is 21.2 Å². The quantitative estimate of drug-likeness (QED) is 0.853. The smallest absolute Gasteiger partial charge is 0.175 e. The van der Waals surface area contributed by atoms with Crippen molar-refractivity contribution < 1.29 is 8.42 Å². The summed E-state index contributed by atoms with van der Waals surface area (Å²) in [4.78, 5) is 8.65. The first kappa shape index (κ1) is 13.7. The Hall–Kier alpha value is -1.24. The van der Waals surface area contributed by atoms with E-state index in [1.54, 1.807) is 23.5 Å². The van der Waals surface area contributed by atoms with Crippen molar-refractivity contribution in [2.24, 2.45) is 0 Å². The summed E-state index contributed by atoms with van der Waals surface area (Å²) in [5.74, 6) is 0. The third-order valence-electron chi connectivity index (χ3n) is 3.45. The zero-order valence-electron chi connectivity index (χ0n) is 11.5. The molecule has 20 heavy (non-hydrogen) atoms. The van der Waals surface area contributed by atoms with Gasteiger partial charge in [0.25, 0.3) is 0 Å². The van der Waals surface area contributed by atoms with Crippen molar-refractivity contribution in [1.82, 2.24) is 9.88 Å². The van der Waals surface area contributed by atoms with Gasteiger partial charge in [-0.1, -0.05) is 12.1 Å². The highest BCUT2D eigenvalue weighted by Crippen LogP contribution is 2.31. The molecule has 2 heterocycles. The molecule has 106 valence electrons. The Balaban J connectivity index is 1.94. The van der Waals surface area contributed by atoms with Crippen LogP contribution < -0.4 is 0 Å². The molecule has 0 fully saturated rings. The minimum Gasteiger partial charge on any atom is -0.300 e. The lowest BCUT2D eigenvalue weighted by molar-refractivity contribution is 0.311. The lowest BCUT2D eigenvalue weighted by Gasteiger charge is -2.20. The second-order valence-electron chi connectivity index (χ2n) is 5.17. The number of thiazole rings is 1. The summed E-state index contributed by atoms with van der Waals surface area (Å²) in [6, 6.07) is 6.98. The molecule has 0 atom stereocenters. The Bertz CT molecular complexity index is 733. The largest absolute Gasteiger partial charge is 0.300 e. The number of likely N-dealkylation sites (N-methyl/N-ethyl adjacent to an activating group) is 1. The Kier molecular flexibility index (Phi) is 3.40. The van der Waals surface area contributed by atoms with Gasteiger partial charge in [-0.3, -0.25) is 0 Å². The van der Waals surface area contributed by atoms with Crippen molar-refractivity contribution in [3.8, 4) is 10.6 Å². The topological polar surface area (TPSA) is 50.3 Å². The summed E-state index contributed by atoms with van der Waals surface area (Å²) < 4.78 is 22.9. The van der Waals surface area contributed by atoms with E-state index in [9.17, 15) is 8.42 Å². The lowest BCUT2D eigenvalue weighted by atomic mass is 10.2. The van der Waals surface area contributed by atoms with Gasteiger partial charge >= 0.3 is 0 Å². The number of fused-ring (bicyclic) bond motifs is 1. The standard InChI is InChI=1S/C14H16N2O2S2/c1-16-8-7-13-12(9-16)15-14(19-13)10-3-5-11(6-4-10)20(2,17)18/h3-6H,7-9H2,1-2H3. The minimum atomic E-state index is -3.14. The van der Waals surface area contributed by atoms with E-state index < -0.39 is 9.84 Å². The fourth-order valence-electron chi connectivity index (χ4n) is 2.30. The van der Waals surface area contributed by atoms with Gasteiger partial charge < -0.3 is 4.90 Å². The molecule has 4 nitrogen and oxygen atoms in total. The fraction of sp³-hybridized carbons (Fsp3) is 0.357. The molecule has 0 amide bonds. The average molecular weight is 308 g/mol. The van der Waals surface area contributed by atoms with E-state index in [0.29, 0.717) is 4.90 Å². The molecule has 1 aromatic heterocycles. The number of sulfone groups is 1. The predicted molar refractivity (Wildman–Crippen MR) is 80.7 cm³/mol. The summed E-state index contributed by atoms with van der Waals surface area (Å²) >= 11 is 1.72. The van der Waals surface area contributed by atoms with Crippen LogP contribution in [0.1, 0.15) is 10.6 Å². The Morgan fingerprint density at radius 1 is 1.25 bits per heavy atom. The second kappa shape index (κ2) is 4.95. The van der Waals surface area contributed by atoms with Gasteiger partial charge in [0.05, 0.1) is 10.6 Å². The third-order valence-corrected chi connectivity index (χ3v) is 5.78. The molecule has 0 saturated heterocycles. The Labute approximate surface area is 123 Å². The summed E-state index contributed by atoms with van der Waals surface area (Å²) in [7, 11) is -1.03. The van der Waals surface area contributed by atoms with Crippen LogP contribution >= 0.6 is 11.3 Å². The number of nitrogens with zero attached hydrogens (tertiary/aromatic N) is 2. The maximum absolute atomic E-state index is 11.5. The van der Waals surface area contributed by atoms with Crippen molar-refractivity contribution in [3.63, 3.8) is 0 Å². The third kappa shape index (κ3) is 2.63. The molecule has 0 aliphatic carbocycles. The van der Waals surface area contributed by atoms with Crippen molar-refractivity contribution in [3.05, 3.63) is 34.8 Å². The van der Waals surface area contributed by atoms with E-state index in [-0.39, 0.29) is 0 Å². The fourth-order valence-corrected chi connectivity index (χ4v) is 3.99. The molecular formula is C14H16N2O2S2. The van der Waals surface area contributed by atoms with Crippen molar-refractivity contribution in [2.45, 2.75) is 17.9 Å². The number of benzene rings is 1. The van der Waals surface area contributed by atoms with Gasteiger partial charge in [0.1, 0.15) is 5.01 Å². The van der Waals surface area contributed by atoms with E-state index in [0.717, 1.165) is 35.8 Å². The summed E-state index contributed by atoms with van der Waals surface area (Å²) in [6.07, 6.45) is 2.27. The van der Waals surface area contributed by atoms with E-state index >= 15 is 0 Å². The molecule has 3 rings (SSSR count). The molecule has 0 unspecified atom stereocenters. The van der Waals surface area contributed by atoms with Crippen molar-refractivity contribution in [1.29, 1.82) is 0 Å². The van der Waals surface area contributed by atoms with Crippen LogP contribution in [0.3, 0.4) is 0 Å². The minimum absolute atomic E-state index is 0.349. The van der Waals surface area contributed by atoms with Gasteiger partial charge in [0.2, 0.25) is 0 Å². The van der Waals surface area contributed by atoms with Crippen LogP contribution in [0.25, 0.3) is 10.6 Å². The van der Waals surface area contributed by atoms with E-state index in [4.69, 9.17) is 4.98 Å². The second-order valence-corrected chi connectivity index (χ2v) is 8.27. The van der Waals surface area contributed by atoms with Gasteiger partial charge in [-0.15, -0.1) is 11.3 Å². The first-order valence-electron chi connectivity index (χ1n) is 6.41. The molecule has 6 heteroatoms. The number of rotatable bonds is 2. The number of hydrogen-bond acceptors (Lipinski definition) is 5. The zero-order chi connectivity index (χ0) is 14.3. The molecule has 1 aliphatic heterocycles. The van der Waals surface area contributed by atoms with E-state index in [1.807, 2.05) is 12.1 Å². The van der Waals surface area contributed by atoms with E-state index in [2.05, 4.69) is 11.9 Å². The highest BCUT2D eigenvalue weighted by atomic mass is 32.2. The van der Waals surface area contributed by atoms with Crippen LogP contribution in [0.4, 0.5) is 0 Å². The predicted octanol–water partition coefficient (Wildman–Crippen LogP) is 2.20. The SMILES string of the molecule is CN1CCc2sc(-c3ccc(S(C)(=O)=O)cc3)nc2C1. The number of aromatic nitrogens is 1. The summed E-state index contributed by atoms with van der Waals surface area (Å²) in [5.41, 5.74) is 2.14. The van der Waals surface area contributed by atoms with Gasteiger partial charge in [-0.25, -0.2) is 13.4 Å². The Morgan fingerprint density at radius 3 is 2.60 bits per heavy atom. The van der Waals surface area contributed by atoms with Gasteiger partial charge in [0, 0.05) is 29.8 Å². The molecular weight excluding hydrogens is 292 g/mol. The van der Waals surface area contributed by atoms with Gasteiger partial charge in [0.15, 0.2) is 9.84 Å². The van der Waals surface area contributed by atoms with Crippen molar-refractivity contribution in [2.75, 3.05) is 19.8 Å². The van der Waals surface area contributed by atoms with Crippen LogP contribution in [0.2, 0.25) is 0 Å². The first-order valence-corrected chi connectivity index (χ1v) is 9.12. The highest BCUT2D eigenvalue weighted by Gasteiger charge is 2.19. The Morgan fingerprint density at radius 2 is 1.95 bits per heavy atom. The summed E-state index contributed by atoms with van der Waals surface area (Å²) in [6.45, 7) is 1.97. The molecule has 1 aliphatic rings. The molecule has 1 aromatic carbocycles. The maximum atomic E-state index is 11.5. The molecule has 0 bridgehead atoms. The molecule has 2 aromatic rings. The van der Waals surface area contributed by atoms with E-state index in [1.165, 1.54) is 11.1 Å². The first-order chi connectivity index (χ1) is 9.43. The highest BCUT2D eigenvalue weighted by molar-refractivity contribution is 7.90. The molecule has 0 N–H and O–H groups in total. The monoisotopic (exact) mass is 308 g/mol. The average Bonchev–Trinajstić information content (AvgIpc) is 2.80. The maximum Gasteiger partial charge on any atom is 0.175 e. The van der Waals surface area contributed by atoms with Gasteiger partial charge in [-0.05, 0) is 25.6 Å². The lowest BCUT2D eigenvalue weighted by Crippen LogP contribution is -2.25. The van der Waals surface area contributed by atoms with Crippen LogP contribution in [0, 0.1) is 0 Å². The normalized spacial score (nSPS) is 16.1. The molecule has 0 spiro atoms. The number of hydrogen-bond donors (Lipinski definition) is 0. The van der Waals surface area contributed by atoms with Crippen LogP contribution in [0.5, 0.6) is 0 Å². The molecule has 0 saturated carbocycles. The summed E-state index contributed by atoms with van der Waals surface area (Å²) in [5, 5.41) is 0.977. The van der Waals surface area contributed by atoms with Crippen LogP contribution in [0.15, 0.2) is 29.2 Å². The van der Waals surface area contributed by atoms with Gasteiger partial charge in [-0.2, -0.15) is 0 Å². The van der Waals surface area contributed by atoms with Crippen LogP contribution in [-0.4, -0.2) is 38.1 Å². The molecule has 0 radical (unpaired) electrons. The van der Waals surface area contributed by atoms with Crippen LogP contribution in [-0.2, 0) is 22.8 Å². The zero-order valence-corrected chi connectivity index (χ0v) is 13.1.